The monoisotopic (exact) mass is 285 g/mol. The topological polar surface area (TPSA) is 114 Å². The normalized spacial score (nSPS) is 10.3. The van der Waals surface area contributed by atoms with Gasteiger partial charge in [-0.3, -0.25) is 10.1 Å². The molecular formula is C11H19N5O4. The van der Waals surface area contributed by atoms with E-state index in [-0.39, 0.29) is 24.7 Å². The Hall–Kier alpha value is -2.00. The van der Waals surface area contributed by atoms with Crippen LogP contribution in [0.15, 0.2) is 6.20 Å². The highest BCUT2D eigenvalue weighted by molar-refractivity contribution is 5.58. The molecule has 0 saturated heterocycles. The fourth-order valence-corrected chi connectivity index (χ4v) is 1.62. The molecule has 1 heterocycles. The number of aliphatic hydroxyl groups excluding tert-OH is 1. The largest absolute Gasteiger partial charge is 0.395 e. The highest BCUT2D eigenvalue weighted by atomic mass is 16.6. The summed E-state index contributed by atoms with van der Waals surface area (Å²) in [6.45, 7) is 3.34. The van der Waals surface area contributed by atoms with Gasteiger partial charge in [0, 0.05) is 26.7 Å². The molecule has 1 rings (SSSR count). The Bertz CT molecular complexity index is 443. The fraction of sp³-hybridized carbons (Fsp3) is 0.636. The van der Waals surface area contributed by atoms with Crippen molar-refractivity contribution < 1.29 is 14.8 Å². The highest BCUT2D eigenvalue weighted by Crippen LogP contribution is 2.25. The van der Waals surface area contributed by atoms with Gasteiger partial charge in [-0.15, -0.1) is 0 Å². The molecule has 0 unspecified atom stereocenters. The van der Waals surface area contributed by atoms with Crippen molar-refractivity contribution in [3.63, 3.8) is 0 Å². The zero-order chi connectivity index (χ0) is 15.0. The van der Waals surface area contributed by atoms with E-state index in [1.54, 1.807) is 4.90 Å². The van der Waals surface area contributed by atoms with Gasteiger partial charge in [0.25, 0.3) is 0 Å². The number of ether oxygens (including phenoxy) is 1. The lowest BCUT2D eigenvalue weighted by Gasteiger charge is -2.22. The molecule has 9 heteroatoms. The van der Waals surface area contributed by atoms with E-state index in [4.69, 9.17) is 9.84 Å². The molecule has 0 aliphatic heterocycles. The molecule has 0 aromatic carbocycles. The van der Waals surface area contributed by atoms with Crippen molar-refractivity contribution in [2.75, 3.05) is 50.2 Å². The summed E-state index contributed by atoms with van der Waals surface area (Å²) >= 11 is 0. The minimum Gasteiger partial charge on any atom is -0.395 e. The van der Waals surface area contributed by atoms with E-state index in [9.17, 15) is 10.1 Å². The number of hydrogen-bond acceptors (Lipinski definition) is 8. The lowest BCUT2D eigenvalue weighted by atomic mass is 10.4. The van der Waals surface area contributed by atoms with Crippen LogP contribution in [0.5, 0.6) is 0 Å². The quantitative estimate of drug-likeness (QED) is 0.490. The molecule has 1 aromatic heterocycles. The van der Waals surface area contributed by atoms with Crippen LogP contribution in [0, 0.1) is 10.1 Å². The molecule has 9 nitrogen and oxygen atoms in total. The number of methoxy groups -OCH3 is 1. The van der Waals surface area contributed by atoms with Gasteiger partial charge in [0.05, 0.1) is 18.1 Å². The van der Waals surface area contributed by atoms with Gasteiger partial charge in [-0.1, -0.05) is 0 Å². The summed E-state index contributed by atoms with van der Waals surface area (Å²) in [6.07, 6.45) is 1.16. The van der Waals surface area contributed by atoms with Gasteiger partial charge in [0.2, 0.25) is 11.8 Å². The van der Waals surface area contributed by atoms with Crippen LogP contribution < -0.4 is 10.2 Å². The molecule has 1 aromatic rings. The van der Waals surface area contributed by atoms with Crippen molar-refractivity contribution >= 4 is 17.5 Å². The smallest absolute Gasteiger partial charge is 0.329 e. The van der Waals surface area contributed by atoms with Gasteiger partial charge >= 0.3 is 5.69 Å². The Morgan fingerprint density at radius 1 is 1.55 bits per heavy atom. The molecular weight excluding hydrogens is 266 g/mol. The van der Waals surface area contributed by atoms with Crippen LogP contribution in [0.1, 0.15) is 6.92 Å². The van der Waals surface area contributed by atoms with Crippen LogP contribution in [-0.4, -0.2) is 60.0 Å². The molecule has 0 saturated carbocycles. The number of anilines is 2. The van der Waals surface area contributed by atoms with Gasteiger partial charge in [0.15, 0.2) is 0 Å². The van der Waals surface area contributed by atoms with Crippen LogP contribution in [0.2, 0.25) is 0 Å². The number of hydrogen-bond donors (Lipinski definition) is 2. The minimum absolute atomic E-state index is 0.137. The van der Waals surface area contributed by atoms with Crippen molar-refractivity contribution in [2.45, 2.75) is 6.92 Å². The maximum Gasteiger partial charge on any atom is 0.329 e. The first-order valence-corrected chi connectivity index (χ1v) is 6.24. The molecule has 2 N–H and O–H groups in total. The van der Waals surface area contributed by atoms with Crippen molar-refractivity contribution in [3.8, 4) is 0 Å². The molecule has 0 aliphatic carbocycles. The van der Waals surface area contributed by atoms with Crippen LogP contribution >= 0.6 is 0 Å². The maximum absolute atomic E-state index is 11.1. The number of aliphatic hydroxyl groups is 1. The SMILES string of the molecule is CCNc1ncc([N+](=O)[O-])c(N(CCO)CCOC)n1. The molecule has 0 bridgehead atoms. The molecule has 112 valence electrons. The maximum atomic E-state index is 11.1. The van der Waals surface area contributed by atoms with Crippen LogP contribution in [0.4, 0.5) is 17.5 Å². The standard InChI is InChI=1S/C11H19N5O4/c1-3-12-11-13-8-9(16(18)19)10(14-11)15(4-6-17)5-7-20-2/h8,17H,3-7H2,1-2H3,(H,12,13,14). The van der Waals surface area contributed by atoms with Crippen LogP contribution in [0.25, 0.3) is 0 Å². The Kier molecular flexibility index (Phi) is 6.60. The second kappa shape index (κ2) is 8.23. The van der Waals surface area contributed by atoms with E-state index in [1.165, 1.54) is 7.11 Å². The average molecular weight is 285 g/mol. The average Bonchev–Trinajstić information content (AvgIpc) is 2.43. The first-order valence-electron chi connectivity index (χ1n) is 6.24. The van der Waals surface area contributed by atoms with Gasteiger partial charge < -0.3 is 20.1 Å². The third kappa shape index (κ3) is 4.28. The summed E-state index contributed by atoms with van der Waals surface area (Å²) in [5.41, 5.74) is -0.198. The first-order chi connectivity index (χ1) is 9.63. The van der Waals surface area contributed by atoms with Crippen molar-refractivity contribution in [2.24, 2.45) is 0 Å². The molecule has 0 spiro atoms. The summed E-state index contributed by atoms with van der Waals surface area (Å²) in [6, 6.07) is 0. The summed E-state index contributed by atoms with van der Waals surface area (Å²) < 4.78 is 4.97. The van der Waals surface area contributed by atoms with E-state index >= 15 is 0 Å². The molecule has 0 atom stereocenters. The Balaban J connectivity index is 3.12. The second-order valence-electron chi connectivity index (χ2n) is 3.89. The van der Waals surface area contributed by atoms with E-state index in [0.717, 1.165) is 6.20 Å². The zero-order valence-corrected chi connectivity index (χ0v) is 11.6. The molecule has 0 fully saturated rings. The summed E-state index contributed by atoms with van der Waals surface area (Å²) in [5.74, 6) is 0.487. The van der Waals surface area contributed by atoms with Gasteiger partial charge in [-0.05, 0) is 6.92 Å². The van der Waals surface area contributed by atoms with E-state index in [1.807, 2.05) is 6.92 Å². The molecule has 0 aliphatic rings. The summed E-state index contributed by atoms with van der Waals surface area (Å²) in [5, 5.41) is 23.0. The Morgan fingerprint density at radius 2 is 2.30 bits per heavy atom. The Morgan fingerprint density at radius 3 is 2.85 bits per heavy atom. The fourth-order valence-electron chi connectivity index (χ4n) is 1.62. The molecule has 0 radical (unpaired) electrons. The van der Waals surface area contributed by atoms with Gasteiger partial charge in [-0.2, -0.15) is 4.98 Å². The summed E-state index contributed by atoms with van der Waals surface area (Å²) in [4.78, 5) is 20.2. The third-order valence-electron chi connectivity index (χ3n) is 2.52. The van der Waals surface area contributed by atoms with Gasteiger partial charge in [-0.25, -0.2) is 4.98 Å². The highest BCUT2D eigenvalue weighted by Gasteiger charge is 2.22. The lowest BCUT2D eigenvalue weighted by Crippen LogP contribution is -2.31. The van der Waals surface area contributed by atoms with E-state index < -0.39 is 4.92 Å². The van der Waals surface area contributed by atoms with Crippen LogP contribution in [0.3, 0.4) is 0 Å². The number of aromatic nitrogens is 2. The predicted octanol–water partition coefficient (Wildman–Crippen LogP) is 0.262. The second-order valence-corrected chi connectivity index (χ2v) is 3.89. The Labute approximate surface area is 116 Å². The summed E-state index contributed by atoms with van der Waals surface area (Å²) in [7, 11) is 1.54. The number of nitro groups is 1. The third-order valence-corrected chi connectivity index (χ3v) is 2.52. The predicted molar refractivity (Wildman–Crippen MR) is 74.0 cm³/mol. The molecule has 20 heavy (non-hydrogen) atoms. The molecule has 0 amide bonds. The first kappa shape index (κ1) is 16.1. The lowest BCUT2D eigenvalue weighted by molar-refractivity contribution is -0.384. The van der Waals surface area contributed by atoms with Crippen molar-refractivity contribution in [3.05, 3.63) is 16.3 Å². The van der Waals surface area contributed by atoms with Crippen LogP contribution in [-0.2, 0) is 4.74 Å². The number of nitrogens with one attached hydrogen (secondary N) is 1. The number of nitrogens with zero attached hydrogens (tertiary/aromatic N) is 4. The van der Waals surface area contributed by atoms with Crippen molar-refractivity contribution in [1.29, 1.82) is 0 Å². The van der Waals surface area contributed by atoms with E-state index in [0.29, 0.717) is 25.6 Å². The minimum atomic E-state index is -0.539. The zero-order valence-electron chi connectivity index (χ0n) is 11.6. The van der Waals surface area contributed by atoms with Gasteiger partial charge in [0.1, 0.15) is 6.20 Å². The van der Waals surface area contributed by atoms with E-state index in [2.05, 4.69) is 15.3 Å². The number of rotatable bonds is 9. The van der Waals surface area contributed by atoms with Crippen molar-refractivity contribution in [1.82, 2.24) is 9.97 Å².